The summed E-state index contributed by atoms with van der Waals surface area (Å²) in [5.74, 6) is -4.68. The predicted molar refractivity (Wildman–Crippen MR) is 50.1 cm³/mol. The first-order valence-corrected chi connectivity index (χ1v) is 5.28. The molecule has 6 heteroatoms. The molecule has 0 aromatic carbocycles. The van der Waals surface area contributed by atoms with E-state index < -0.39 is 29.8 Å². The van der Waals surface area contributed by atoms with E-state index >= 15 is 0 Å². The molecular weight excluding hydrogens is 220 g/mol. The fraction of sp³-hybridized carbons (Fsp3) is 0.800. The summed E-state index contributed by atoms with van der Waals surface area (Å²) in [5.41, 5.74) is -1.42. The van der Waals surface area contributed by atoms with Crippen molar-refractivity contribution in [2.45, 2.75) is 31.6 Å². The second-order valence-electron chi connectivity index (χ2n) is 4.57. The number of carbonyl (C=O) groups is 2. The van der Waals surface area contributed by atoms with Crippen LogP contribution in [0, 0.1) is 5.41 Å². The van der Waals surface area contributed by atoms with E-state index in [0.717, 1.165) is 4.90 Å². The zero-order valence-electron chi connectivity index (χ0n) is 8.71. The van der Waals surface area contributed by atoms with E-state index in [1.807, 2.05) is 0 Å². The summed E-state index contributed by atoms with van der Waals surface area (Å²) in [6.07, 6.45) is 0.836. The Labute approximate surface area is 91.2 Å². The van der Waals surface area contributed by atoms with Gasteiger partial charge in [-0.3, -0.25) is 9.59 Å². The molecule has 4 nitrogen and oxygen atoms in total. The highest BCUT2D eigenvalue weighted by Gasteiger charge is 2.55. The van der Waals surface area contributed by atoms with Crippen LogP contribution in [0.5, 0.6) is 0 Å². The zero-order chi connectivity index (χ0) is 12.0. The van der Waals surface area contributed by atoms with Crippen LogP contribution in [0.3, 0.4) is 0 Å². The normalized spacial score (nSPS) is 26.2. The van der Waals surface area contributed by atoms with Crippen molar-refractivity contribution < 1.29 is 23.5 Å². The molecule has 16 heavy (non-hydrogen) atoms. The number of carboxylic acid groups (broad SMARTS) is 1. The molecule has 2 rings (SSSR count). The molecule has 1 saturated heterocycles. The van der Waals surface area contributed by atoms with Gasteiger partial charge in [0.1, 0.15) is 5.41 Å². The van der Waals surface area contributed by atoms with E-state index in [4.69, 9.17) is 5.11 Å². The fourth-order valence-electron chi connectivity index (χ4n) is 2.26. The van der Waals surface area contributed by atoms with Gasteiger partial charge in [0.05, 0.1) is 6.54 Å². The average molecular weight is 233 g/mol. The summed E-state index contributed by atoms with van der Waals surface area (Å²) in [4.78, 5) is 23.9. The number of hydrogen-bond donors (Lipinski definition) is 1. The topological polar surface area (TPSA) is 57.6 Å². The number of likely N-dealkylation sites (tertiary alicyclic amines) is 1. The summed E-state index contributed by atoms with van der Waals surface area (Å²) in [6.45, 7) is -0.679. The first-order chi connectivity index (χ1) is 7.37. The van der Waals surface area contributed by atoms with E-state index in [-0.39, 0.29) is 25.8 Å². The van der Waals surface area contributed by atoms with Gasteiger partial charge >= 0.3 is 5.97 Å². The summed E-state index contributed by atoms with van der Waals surface area (Å²) in [5, 5.41) is 9.01. The molecule has 90 valence electrons. The lowest BCUT2D eigenvalue weighted by Gasteiger charge is -2.38. The second-order valence-corrected chi connectivity index (χ2v) is 4.57. The molecule has 0 radical (unpaired) electrons. The van der Waals surface area contributed by atoms with Gasteiger partial charge in [-0.2, -0.15) is 0 Å². The zero-order valence-corrected chi connectivity index (χ0v) is 8.71. The van der Waals surface area contributed by atoms with E-state index in [9.17, 15) is 18.4 Å². The molecule has 1 aliphatic carbocycles. The quantitative estimate of drug-likeness (QED) is 0.727. The van der Waals surface area contributed by atoms with Gasteiger partial charge in [-0.15, -0.1) is 0 Å². The van der Waals surface area contributed by atoms with Crippen molar-refractivity contribution >= 4 is 11.9 Å². The number of alkyl halides is 2. The van der Waals surface area contributed by atoms with E-state index in [0.29, 0.717) is 6.42 Å². The van der Waals surface area contributed by atoms with Crippen molar-refractivity contribution in [1.82, 2.24) is 4.90 Å². The van der Waals surface area contributed by atoms with Crippen LogP contribution in [0.25, 0.3) is 0 Å². The standard InChI is InChI=1S/C10H13F2NO3/c11-10(12)4-5-13(6-10)7(14)9(8(15)16)2-1-3-9/h1-6H2,(H,15,16). The van der Waals surface area contributed by atoms with Crippen LogP contribution < -0.4 is 0 Å². The minimum atomic E-state index is -2.86. The maximum absolute atomic E-state index is 12.9. The largest absolute Gasteiger partial charge is 0.480 e. The molecular formula is C10H13F2NO3. The van der Waals surface area contributed by atoms with Gasteiger partial charge in [0.25, 0.3) is 5.92 Å². The Morgan fingerprint density at radius 3 is 2.12 bits per heavy atom. The van der Waals surface area contributed by atoms with Crippen molar-refractivity contribution in [3.05, 3.63) is 0 Å². The molecule has 1 N–H and O–H groups in total. The van der Waals surface area contributed by atoms with E-state index in [1.165, 1.54) is 0 Å². The van der Waals surface area contributed by atoms with Crippen LogP contribution in [0.1, 0.15) is 25.7 Å². The highest BCUT2D eigenvalue weighted by atomic mass is 19.3. The Hall–Kier alpha value is -1.20. The number of aliphatic carboxylic acids is 1. The van der Waals surface area contributed by atoms with Gasteiger partial charge in [-0.25, -0.2) is 8.78 Å². The Morgan fingerprint density at radius 2 is 1.81 bits per heavy atom. The number of nitrogens with zero attached hydrogens (tertiary/aromatic N) is 1. The van der Waals surface area contributed by atoms with Crippen molar-refractivity contribution in [2.24, 2.45) is 5.41 Å². The van der Waals surface area contributed by atoms with E-state index in [1.54, 1.807) is 0 Å². The van der Waals surface area contributed by atoms with Crippen molar-refractivity contribution in [2.75, 3.05) is 13.1 Å². The molecule has 2 fully saturated rings. The molecule has 1 amide bonds. The molecule has 2 aliphatic rings. The minimum absolute atomic E-state index is 0.0408. The lowest BCUT2D eigenvalue weighted by Crippen LogP contribution is -2.52. The molecule has 0 bridgehead atoms. The Kier molecular flexibility index (Phi) is 2.40. The lowest BCUT2D eigenvalue weighted by atomic mass is 9.68. The van der Waals surface area contributed by atoms with Gasteiger partial charge in [0.2, 0.25) is 5.91 Å². The molecule has 0 aromatic heterocycles. The number of amides is 1. The first-order valence-electron chi connectivity index (χ1n) is 5.28. The lowest BCUT2D eigenvalue weighted by molar-refractivity contribution is -0.167. The van der Waals surface area contributed by atoms with Gasteiger partial charge < -0.3 is 10.0 Å². The second kappa shape index (κ2) is 3.40. The first kappa shape index (κ1) is 11.3. The summed E-state index contributed by atoms with van der Waals surface area (Å²) in [7, 11) is 0. The maximum Gasteiger partial charge on any atom is 0.319 e. The number of carboxylic acids is 1. The Balaban J connectivity index is 2.11. The third kappa shape index (κ3) is 1.56. The number of halogens is 2. The van der Waals surface area contributed by atoms with Gasteiger partial charge in [-0.1, -0.05) is 6.42 Å². The molecule has 1 saturated carbocycles. The fourth-order valence-corrected chi connectivity index (χ4v) is 2.26. The smallest absolute Gasteiger partial charge is 0.319 e. The van der Waals surface area contributed by atoms with Crippen molar-refractivity contribution in [3.63, 3.8) is 0 Å². The molecule has 1 heterocycles. The molecule has 1 aliphatic heterocycles. The monoisotopic (exact) mass is 233 g/mol. The summed E-state index contributed by atoms with van der Waals surface area (Å²) >= 11 is 0. The third-order valence-corrected chi connectivity index (χ3v) is 3.48. The van der Waals surface area contributed by atoms with Crippen LogP contribution in [0.15, 0.2) is 0 Å². The van der Waals surface area contributed by atoms with Crippen LogP contribution in [0.4, 0.5) is 8.78 Å². The maximum atomic E-state index is 12.9. The van der Waals surface area contributed by atoms with Crippen LogP contribution in [-0.2, 0) is 9.59 Å². The number of carbonyl (C=O) groups excluding carboxylic acids is 1. The third-order valence-electron chi connectivity index (χ3n) is 3.48. The summed E-state index contributed by atoms with van der Waals surface area (Å²) in [6, 6.07) is 0. The highest BCUT2D eigenvalue weighted by molar-refractivity contribution is 6.02. The molecule has 0 atom stereocenters. The van der Waals surface area contributed by atoms with Gasteiger partial charge in [0.15, 0.2) is 0 Å². The van der Waals surface area contributed by atoms with E-state index in [2.05, 4.69) is 0 Å². The molecule has 0 aromatic rings. The molecule has 0 spiro atoms. The van der Waals surface area contributed by atoms with Crippen molar-refractivity contribution in [3.8, 4) is 0 Å². The number of rotatable bonds is 2. The SMILES string of the molecule is O=C(O)C1(C(=O)N2CCC(F)(F)C2)CCC1. The number of hydrogen-bond acceptors (Lipinski definition) is 2. The Bertz CT molecular complexity index is 339. The van der Waals surface area contributed by atoms with Gasteiger partial charge in [-0.05, 0) is 12.8 Å². The van der Waals surface area contributed by atoms with Crippen molar-refractivity contribution in [1.29, 1.82) is 0 Å². The Morgan fingerprint density at radius 1 is 1.19 bits per heavy atom. The van der Waals surface area contributed by atoms with Crippen LogP contribution in [-0.4, -0.2) is 40.9 Å². The molecule has 0 unspecified atom stereocenters. The highest BCUT2D eigenvalue weighted by Crippen LogP contribution is 2.44. The van der Waals surface area contributed by atoms with Crippen LogP contribution in [0.2, 0.25) is 0 Å². The average Bonchev–Trinajstić information content (AvgIpc) is 2.43. The summed E-state index contributed by atoms with van der Waals surface area (Å²) < 4.78 is 25.8. The van der Waals surface area contributed by atoms with Gasteiger partial charge in [0, 0.05) is 13.0 Å². The van der Waals surface area contributed by atoms with Crippen LogP contribution >= 0.6 is 0 Å². The predicted octanol–water partition coefficient (Wildman–Crippen LogP) is 1.11. The minimum Gasteiger partial charge on any atom is -0.480 e.